The molecule has 1 N–H and O–H groups in total. The van der Waals surface area contributed by atoms with Gasteiger partial charge in [-0.1, -0.05) is 53.2 Å². The van der Waals surface area contributed by atoms with Crippen molar-refractivity contribution in [1.82, 2.24) is 5.32 Å². The molecule has 0 spiro atoms. The number of carbonyl (C=O) groups excluding carboxylic acids is 3. The Morgan fingerprint density at radius 1 is 0.949 bits per heavy atom. The van der Waals surface area contributed by atoms with E-state index in [9.17, 15) is 14.4 Å². The fourth-order valence-corrected chi connectivity index (χ4v) is 10.4. The highest BCUT2D eigenvalue weighted by molar-refractivity contribution is 5.99. The van der Waals surface area contributed by atoms with Crippen LogP contribution in [0.5, 0.6) is 0 Å². The van der Waals surface area contributed by atoms with Gasteiger partial charge >= 0.3 is 0 Å². The van der Waals surface area contributed by atoms with Crippen LogP contribution in [0.2, 0.25) is 0 Å². The van der Waals surface area contributed by atoms with Crippen molar-refractivity contribution >= 4 is 17.5 Å². The molecule has 6 aliphatic rings. The van der Waals surface area contributed by atoms with Gasteiger partial charge in [0, 0.05) is 17.3 Å². The number of Topliss-reactive ketones (excluding diaryl/α,β-unsaturated/α-hetero) is 1. The first-order valence-corrected chi connectivity index (χ1v) is 15.5. The van der Waals surface area contributed by atoms with Crippen LogP contribution in [0.25, 0.3) is 0 Å². The molecule has 0 radical (unpaired) electrons. The van der Waals surface area contributed by atoms with Crippen LogP contribution < -0.4 is 5.32 Å². The number of amides is 1. The van der Waals surface area contributed by atoms with E-state index in [1.165, 1.54) is 5.57 Å². The fourth-order valence-electron chi connectivity index (χ4n) is 10.4. The number of rotatable bonds is 2. The largest absolute Gasteiger partial charge is 0.377 e. The van der Waals surface area contributed by atoms with Crippen molar-refractivity contribution in [3.63, 3.8) is 0 Å². The third-order valence-corrected chi connectivity index (χ3v) is 13.2. The highest BCUT2D eigenvalue weighted by Crippen LogP contribution is 2.70. The van der Waals surface area contributed by atoms with Crippen molar-refractivity contribution in [2.45, 2.75) is 106 Å². The van der Waals surface area contributed by atoms with Crippen molar-refractivity contribution in [2.24, 2.45) is 50.7 Å². The molecule has 4 fully saturated rings. The predicted molar refractivity (Wildman–Crippen MR) is 152 cm³/mol. The second-order valence-corrected chi connectivity index (χ2v) is 15.9. The van der Waals surface area contributed by atoms with Gasteiger partial charge < -0.3 is 10.1 Å². The highest BCUT2D eigenvalue weighted by Gasteiger charge is 2.65. The fraction of sp³-hybridized carbons (Fsp3) is 0.794. The maximum atomic E-state index is 14.6. The first-order valence-electron chi connectivity index (χ1n) is 15.5. The molecule has 39 heavy (non-hydrogen) atoms. The molecule has 5 heteroatoms. The molecule has 5 nitrogen and oxygen atoms in total. The van der Waals surface area contributed by atoms with E-state index in [0.717, 1.165) is 56.9 Å². The third-order valence-electron chi connectivity index (χ3n) is 13.2. The summed E-state index contributed by atoms with van der Waals surface area (Å²) in [4.78, 5) is 41.7. The lowest BCUT2D eigenvalue weighted by Crippen LogP contribution is -2.58. The van der Waals surface area contributed by atoms with E-state index in [-0.39, 0.29) is 68.8 Å². The number of ether oxygens (including phenoxy) is 1. The third kappa shape index (κ3) is 3.77. The van der Waals surface area contributed by atoms with Crippen LogP contribution in [0.4, 0.5) is 0 Å². The Morgan fingerprint density at radius 3 is 2.31 bits per heavy atom. The number of hydrogen-bond donors (Lipinski definition) is 1. The smallest absolute Gasteiger partial charge is 0.226 e. The summed E-state index contributed by atoms with van der Waals surface area (Å²) in [5.74, 6) is 0.765. The molecule has 1 heterocycles. The van der Waals surface area contributed by atoms with Crippen LogP contribution in [0.3, 0.4) is 0 Å². The summed E-state index contributed by atoms with van der Waals surface area (Å²) in [6.07, 6.45) is 11.7. The summed E-state index contributed by atoms with van der Waals surface area (Å²) in [6.45, 7) is 17.0. The van der Waals surface area contributed by atoms with Crippen molar-refractivity contribution in [2.75, 3.05) is 13.2 Å². The summed E-state index contributed by atoms with van der Waals surface area (Å²) in [7, 11) is 0. The SMILES string of the molecule is CC1=C[C@]2(C)C3=CC(=O)C4C[C@@](C)(CC[C@@]5(C(=O)NC6COC6)CCC(C)(C)CC45)[C@]3(C)CC[C@H]2[C@H](C)C1=O. The molecule has 5 aliphatic carbocycles. The van der Waals surface area contributed by atoms with Gasteiger partial charge in [-0.25, -0.2) is 0 Å². The van der Waals surface area contributed by atoms with Gasteiger partial charge in [0.15, 0.2) is 11.6 Å². The minimum Gasteiger partial charge on any atom is -0.377 e. The van der Waals surface area contributed by atoms with Gasteiger partial charge in [0.1, 0.15) is 0 Å². The number of fused-ring (bicyclic) bond motifs is 8. The molecule has 2 unspecified atom stereocenters. The van der Waals surface area contributed by atoms with Crippen molar-refractivity contribution in [3.8, 4) is 0 Å². The minimum atomic E-state index is -0.492. The molecule has 1 aliphatic heterocycles. The maximum Gasteiger partial charge on any atom is 0.226 e. The summed E-state index contributed by atoms with van der Waals surface area (Å²) in [6, 6.07) is 0.101. The zero-order valence-corrected chi connectivity index (χ0v) is 25.2. The zero-order chi connectivity index (χ0) is 28.2. The van der Waals surface area contributed by atoms with Crippen LogP contribution in [0, 0.1) is 50.7 Å². The van der Waals surface area contributed by atoms with Gasteiger partial charge in [-0.3, -0.25) is 14.4 Å². The van der Waals surface area contributed by atoms with Gasteiger partial charge in [0.2, 0.25) is 5.91 Å². The summed E-state index contributed by atoms with van der Waals surface area (Å²) in [5.41, 5.74) is 1.19. The lowest BCUT2D eigenvalue weighted by atomic mass is 9.44. The Morgan fingerprint density at radius 2 is 1.64 bits per heavy atom. The molecule has 8 atom stereocenters. The van der Waals surface area contributed by atoms with Crippen LogP contribution >= 0.6 is 0 Å². The average molecular weight is 536 g/mol. The monoisotopic (exact) mass is 535 g/mol. The predicted octanol–water partition coefficient (Wildman–Crippen LogP) is 6.22. The first kappa shape index (κ1) is 27.4. The van der Waals surface area contributed by atoms with Crippen molar-refractivity contribution < 1.29 is 19.1 Å². The lowest BCUT2D eigenvalue weighted by Gasteiger charge is -2.59. The summed E-state index contributed by atoms with van der Waals surface area (Å²) >= 11 is 0. The number of allylic oxidation sites excluding steroid dienone is 4. The van der Waals surface area contributed by atoms with Crippen LogP contribution in [-0.2, 0) is 19.1 Å². The average Bonchev–Trinajstić information content (AvgIpc) is 3.02. The molecule has 6 rings (SSSR count). The van der Waals surface area contributed by atoms with Gasteiger partial charge in [-0.05, 0) is 98.0 Å². The molecule has 0 aromatic carbocycles. The highest BCUT2D eigenvalue weighted by atomic mass is 16.5. The number of carbonyl (C=O) groups is 3. The Kier molecular flexibility index (Phi) is 6.07. The van der Waals surface area contributed by atoms with E-state index in [2.05, 4.69) is 52.9 Å². The number of ketones is 2. The Labute approximate surface area is 235 Å². The quantitative estimate of drug-likeness (QED) is 0.456. The standard InChI is InChI=1S/C34H49NO4/c1-20-15-32(6)24(21(2)28(20)37)8-9-33(7)27(32)14-26(36)23-16-31(33,5)11-13-34(29(38)35-22-18-39-19-22)12-10-30(3,4)17-25(23)34/h14-15,21-25H,8-13,16-19H2,1-7H3,(H,35,38)/t21-,23?,24-,25?,31+,32-,33+,34-/m0/s1. The molecule has 214 valence electrons. The minimum absolute atomic E-state index is 0.0234. The Balaban J connectivity index is 1.48. The Hall–Kier alpha value is -1.75. The van der Waals surface area contributed by atoms with Crippen LogP contribution in [0.15, 0.2) is 23.3 Å². The number of hydrogen-bond acceptors (Lipinski definition) is 4. The molecule has 1 saturated heterocycles. The van der Waals surface area contributed by atoms with Gasteiger partial charge in [0.05, 0.1) is 24.7 Å². The van der Waals surface area contributed by atoms with Crippen molar-refractivity contribution in [1.29, 1.82) is 0 Å². The molecule has 1 amide bonds. The number of nitrogens with one attached hydrogen (secondary N) is 1. The maximum absolute atomic E-state index is 14.6. The topological polar surface area (TPSA) is 72.5 Å². The molecule has 0 aromatic rings. The van der Waals surface area contributed by atoms with E-state index in [1.807, 2.05) is 13.0 Å². The van der Waals surface area contributed by atoms with Gasteiger partial charge in [0.25, 0.3) is 0 Å². The van der Waals surface area contributed by atoms with Gasteiger partial charge in [-0.2, -0.15) is 0 Å². The zero-order valence-electron chi connectivity index (χ0n) is 25.2. The first-order chi connectivity index (χ1) is 18.2. The van der Waals surface area contributed by atoms with E-state index >= 15 is 0 Å². The van der Waals surface area contributed by atoms with E-state index in [0.29, 0.717) is 13.2 Å². The second kappa shape index (κ2) is 8.63. The molecule has 0 aromatic heterocycles. The van der Waals surface area contributed by atoms with E-state index < -0.39 is 5.41 Å². The van der Waals surface area contributed by atoms with Gasteiger partial charge in [-0.15, -0.1) is 0 Å². The van der Waals surface area contributed by atoms with E-state index in [4.69, 9.17) is 4.74 Å². The van der Waals surface area contributed by atoms with Crippen LogP contribution in [0.1, 0.15) is 99.8 Å². The molecular formula is C34H49NO4. The van der Waals surface area contributed by atoms with Crippen LogP contribution in [-0.4, -0.2) is 36.7 Å². The summed E-state index contributed by atoms with van der Waals surface area (Å²) < 4.78 is 5.38. The lowest BCUT2D eigenvalue weighted by molar-refractivity contribution is -0.147. The molecule has 2 bridgehead atoms. The van der Waals surface area contributed by atoms with E-state index in [1.54, 1.807) is 0 Å². The Bertz CT molecular complexity index is 1180. The molecular weight excluding hydrogens is 486 g/mol. The molecule has 3 saturated carbocycles. The van der Waals surface area contributed by atoms with Crippen molar-refractivity contribution in [3.05, 3.63) is 23.3 Å². The second-order valence-electron chi connectivity index (χ2n) is 15.9. The normalized spacial score (nSPS) is 47.3. The summed E-state index contributed by atoms with van der Waals surface area (Å²) in [5, 5.41) is 3.35.